The zero-order valence-corrected chi connectivity index (χ0v) is 13.3. The van der Waals surface area contributed by atoms with Gasteiger partial charge >= 0.3 is 11.9 Å². The van der Waals surface area contributed by atoms with Crippen LogP contribution in [0.25, 0.3) is 0 Å². The Morgan fingerprint density at radius 2 is 1.92 bits per heavy atom. The van der Waals surface area contributed by atoms with E-state index in [4.69, 9.17) is 10.2 Å². The molecule has 1 saturated heterocycles. The number of piperidine rings is 1. The standard InChI is InChI=1S/C17H17N3O5/c18-9-13(10-19-14-3-1-2-12(8-14)17(24)25)15(21)20-6-4-11(5-7-20)16(22)23/h1-3,8,10-11,19H,4-7H2,(H,22,23)(H,24,25)/b13-10-. The lowest BCUT2D eigenvalue weighted by Crippen LogP contribution is -2.40. The average molecular weight is 343 g/mol. The highest BCUT2D eigenvalue weighted by Crippen LogP contribution is 2.19. The molecule has 0 radical (unpaired) electrons. The quantitative estimate of drug-likeness (QED) is 0.546. The number of nitrogens with zero attached hydrogens (tertiary/aromatic N) is 2. The van der Waals surface area contributed by atoms with Gasteiger partial charge in [-0.25, -0.2) is 4.79 Å². The number of nitriles is 1. The van der Waals surface area contributed by atoms with Gasteiger partial charge in [-0.15, -0.1) is 0 Å². The average Bonchev–Trinajstić information content (AvgIpc) is 2.62. The lowest BCUT2D eigenvalue weighted by Gasteiger charge is -2.29. The van der Waals surface area contributed by atoms with Gasteiger partial charge < -0.3 is 20.4 Å². The van der Waals surface area contributed by atoms with Crippen molar-refractivity contribution in [1.29, 1.82) is 5.26 Å². The van der Waals surface area contributed by atoms with E-state index < -0.39 is 23.8 Å². The molecule has 8 nitrogen and oxygen atoms in total. The maximum atomic E-state index is 12.4. The molecule has 8 heteroatoms. The number of hydrogen-bond donors (Lipinski definition) is 3. The maximum absolute atomic E-state index is 12.4. The Labute approximate surface area is 144 Å². The van der Waals surface area contributed by atoms with Crippen LogP contribution in [0.2, 0.25) is 0 Å². The smallest absolute Gasteiger partial charge is 0.335 e. The van der Waals surface area contributed by atoms with Crippen LogP contribution in [0.1, 0.15) is 23.2 Å². The first kappa shape index (κ1) is 18.0. The molecule has 0 atom stereocenters. The Hall–Kier alpha value is -3.34. The van der Waals surface area contributed by atoms with E-state index in [0.29, 0.717) is 18.5 Å². The zero-order valence-electron chi connectivity index (χ0n) is 13.3. The van der Waals surface area contributed by atoms with E-state index in [0.717, 1.165) is 0 Å². The maximum Gasteiger partial charge on any atom is 0.335 e. The third-order valence-corrected chi connectivity index (χ3v) is 3.97. The number of carboxylic acids is 2. The number of likely N-dealkylation sites (tertiary alicyclic amines) is 1. The first-order valence-electron chi connectivity index (χ1n) is 7.64. The Morgan fingerprint density at radius 3 is 2.48 bits per heavy atom. The summed E-state index contributed by atoms with van der Waals surface area (Å²) in [4.78, 5) is 35.7. The molecule has 0 aliphatic carbocycles. The van der Waals surface area contributed by atoms with Crippen molar-refractivity contribution in [2.24, 2.45) is 5.92 Å². The van der Waals surface area contributed by atoms with Crippen molar-refractivity contribution in [3.05, 3.63) is 41.6 Å². The molecule has 1 aliphatic heterocycles. The molecule has 1 aliphatic rings. The first-order valence-corrected chi connectivity index (χ1v) is 7.64. The molecule has 2 rings (SSSR count). The van der Waals surface area contributed by atoms with Gasteiger partial charge in [0.25, 0.3) is 5.91 Å². The fourth-order valence-electron chi connectivity index (χ4n) is 2.54. The van der Waals surface area contributed by atoms with Crippen molar-refractivity contribution < 1.29 is 24.6 Å². The Kier molecular flexibility index (Phi) is 5.74. The number of nitrogens with one attached hydrogen (secondary N) is 1. The van der Waals surface area contributed by atoms with Gasteiger partial charge in [0.05, 0.1) is 11.5 Å². The number of amides is 1. The molecule has 3 N–H and O–H groups in total. The van der Waals surface area contributed by atoms with Gasteiger partial charge in [-0.2, -0.15) is 5.26 Å². The minimum atomic E-state index is -1.08. The van der Waals surface area contributed by atoms with Gasteiger partial charge in [-0.3, -0.25) is 9.59 Å². The van der Waals surface area contributed by atoms with Crippen LogP contribution in [-0.4, -0.2) is 46.0 Å². The van der Waals surface area contributed by atoms with Crippen LogP contribution in [-0.2, 0) is 9.59 Å². The highest BCUT2D eigenvalue weighted by Gasteiger charge is 2.28. The van der Waals surface area contributed by atoms with Crippen LogP contribution in [0.3, 0.4) is 0 Å². The van der Waals surface area contributed by atoms with E-state index in [-0.39, 0.29) is 24.2 Å². The molecule has 1 aromatic carbocycles. The number of carbonyl (C=O) groups is 3. The topological polar surface area (TPSA) is 131 Å². The molecular formula is C17H17N3O5. The van der Waals surface area contributed by atoms with E-state index in [2.05, 4.69) is 5.32 Å². The molecule has 0 saturated carbocycles. The van der Waals surface area contributed by atoms with E-state index in [1.807, 2.05) is 6.07 Å². The number of benzene rings is 1. The summed E-state index contributed by atoms with van der Waals surface area (Å²) >= 11 is 0. The summed E-state index contributed by atoms with van der Waals surface area (Å²) in [6.07, 6.45) is 1.94. The summed E-state index contributed by atoms with van der Waals surface area (Å²) in [5, 5.41) is 29.9. The van der Waals surface area contributed by atoms with Gasteiger partial charge in [0.15, 0.2) is 0 Å². The van der Waals surface area contributed by atoms with E-state index in [1.54, 1.807) is 12.1 Å². The molecule has 0 spiro atoms. The molecule has 1 heterocycles. The molecule has 1 amide bonds. The SMILES string of the molecule is N#C/C(=C/Nc1cccc(C(=O)O)c1)C(=O)N1CCC(C(=O)O)CC1. The zero-order chi connectivity index (χ0) is 18.4. The van der Waals surface area contributed by atoms with Crippen LogP contribution in [0, 0.1) is 17.2 Å². The fourth-order valence-corrected chi connectivity index (χ4v) is 2.54. The fraction of sp³-hybridized carbons (Fsp3) is 0.294. The van der Waals surface area contributed by atoms with E-state index in [1.165, 1.54) is 23.2 Å². The van der Waals surface area contributed by atoms with Crippen molar-refractivity contribution in [2.45, 2.75) is 12.8 Å². The monoisotopic (exact) mass is 343 g/mol. The van der Waals surface area contributed by atoms with Crippen LogP contribution in [0.4, 0.5) is 5.69 Å². The van der Waals surface area contributed by atoms with Crippen molar-refractivity contribution in [1.82, 2.24) is 4.90 Å². The van der Waals surface area contributed by atoms with Crippen molar-refractivity contribution in [3.63, 3.8) is 0 Å². The molecule has 25 heavy (non-hydrogen) atoms. The van der Waals surface area contributed by atoms with Crippen molar-refractivity contribution >= 4 is 23.5 Å². The number of carbonyl (C=O) groups excluding carboxylic acids is 1. The molecule has 0 bridgehead atoms. The molecular weight excluding hydrogens is 326 g/mol. The third-order valence-electron chi connectivity index (χ3n) is 3.97. The lowest BCUT2D eigenvalue weighted by atomic mass is 9.97. The van der Waals surface area contributed by atoms with Crippen molar-refractivity contribution in [3.8, 4) is 6.07 Å². The predicted molar refractivity (Wildman–Crippen MR) is 87.7 cm³/mol. The Balaban J connectivity index is 2.04. The minimum Gasteiger partial charge on any atom is -0.481 e. The summed E-state index contributed by atoms with van der Waals surface area (Å²) < 4.78 is 0. The van der Waals surface area contributed by atoms with Crippen LogP contribution >= 0.6 is 0 Å². The first-order chi connectivity index (χ1) is 11.9. The summed E-state index contributed by atoms with van der Waals surface area (Å²) in [6, 6.07) is 7.79. The van der Waals surface area contributed by atoms with Crippen LogP contribution < -0.4 is 5.32 Å². The number of anilines is 1. The van der Waals surface area contributed by atoms with Gasteiger partial charge in [-0.05, 0) is 31.0 Å². The van der Waals surface area contributed by atoms with Gasteiger partial charge in [0.2, 0.25) is 0 Å². The molecule has 1 aromatic rings. The van der Waals surface area contributed by atoms with Gasteiger partial charge in [-0.1, -0.05) is 6.07 Å². The second-order valence-electron chi connectivity index (χ2n) is 5.60. The summed E-state index contributed by atoms with van der Waals surface area (Å²) in [5.74, 6) is -2.89. The van der Waals surface area contributed by atoms with Crippen molar-refractivity contribution in [2.75, 3.05) is 18.4 Å². The normalized spacial score (nSPS) is 15.3. The summed E-state index contributed by atoms with van der Waals surface area (Å²) in [5.41, 5.74) is 0.388. The van der Waals surface area contributed by atoms with E-state index >= 15 is 0 Å². The Morgan fingerprint density at radius 1 is 1.24 bits per heavy atom. The highest BCUT2D eigenvalue weighted by molar-refractivity contribution is 5.97. The number of hydrogen-bond acceptors (Lipinski definition) is 5. The molecule has 130 valence electrons. The van der Waals surface area contributed by atoms with E-state index in [9.17, 15) is 19.6 Å². The summed E-state index contributed by atoms with van der Waals surface area (Å²) in [6.45, 7) is 0.562. The molecule has 0 unspecified atom stereocenters. The van der Waals surface area contributed by atoms with Gasteiger partial charge in [0.1, 0.15) is 11.6 Å². The predicted octanol–water partition coefficient (Wildman–Crippen LogP) is 1.53. The lowest BCUT2D eigenvalue weighted by molar-refractivity contribution is -0.145. The third kappa shape index (κ3) is 4.57. The number of aromatic carboxylic acids is 1. The Bertz CT molecular complexity index is 758. The minimum absolute atomic E-state index is 0.0824. The molecule has 0 aromatic heterocycles. The largest absolute Gasteiger partial charge is 0.481 e. The van der Waals surface area contributed by atoms with Crippen LogP contribution in [0.5, 0.6) is 0 Å². The number of rotatable bonds is 5. The number of carboxylic acid groups (broad SMARTS) is 2. The van der Waals surface area contributed by atoms with Crippen LogP contribution in [0.15, 0.2) is 36.0 Å². The highest BCUT2D eigenvalue weighted by atomic mass is 16.4. The number of aliphatic carboxylic acids is 1. The second kappa shape index (κ2) is 7.97. The second-order valence-corrected chi connectivity index (χ2v) is 5.60. The summed E-state index contributed by atoms with van der Waals surface area (Å²) in [7, 11) is 0. The molecule has 1 fully saturated rings. The van der Waals surface area contributed by atoms with Gasteiger partial charge in [0, 0.05) is 25.0 Å².